The number of aromatic nitrogens is 1. The van der Waals surface area contributed by atoms with E-state index in [0.29, 0.717) is 12.2 Å². The van der Waals surface area contributed by atoms with Gasteiger partial charge in [0.2, 0.25) is 0 Å². The number of anilines is 2. The van der Waals surface area contributed by atoms with Crippen molar-refractivity contribution < 1.29 is 9.47 Å². The van der Waals surface area contributed by atoms with Crippen LogP contribution in [0, 0.1) is 13.8 Å². The van der Waals surface area contributed by atoms with Gasteiger partial charge in [0.1, 0.15) is 11.5 Å². The molecule has 1 aromatic carbocycles. The molecule has 0 saturated carbocycles. The SMILES string of the molecule is COc1ccc(CNc2cc(C)nc(C)c2N)c(OC)c1. The highest BCUT2D eigenvalue weighted by atomic mass is 16.5. The van der Waals surface area contributed by atoms with Crippen LogP contribution in [0.1, 0.15) is 17.0 Å². The first-order valence-electron chi connectivity index (χ1n) is 6.73. The molecule has 0 aliphatic carbocycles. The number of nitrogens with zero attached hydrogens (tertiary/aromatic N) is 1. The minimum Gasteiger partial charge on any atom is -0.497 e. The molecule has 0 fully saturated rings. The highest BCUT2D eigenvalue weighted by molar-refractivity contribution is 5.68. The Morgan fingerprint density at radius 1 is 1.14 bits per heavy atom. The second kappa shape index (κ2) is 6.35. The number of nitrogens with two attached hydrogens (primary N) is 1. The summed E-state index contributed by atoms with van der Waals surface area (Å²) in [5, 5.41) is 3.34. The van der Waals surface area contributed by atoms with Gasteiger partial charge in [0.25, 0.3) is 0 Å². The van der Waals surface area contributed by atoms with E-state index in [9.17, 15) is 0 Å². The first kappa shape index (κ1) is 15.0. The van der Waals surface area contributed by atoms with Gasteiger partial charge in [-0.25, -0.2) is 0 Å². The summed E-state index contributed by atoms with van der Waals surface area (Å²) in [7, 11) is 3.28. The highest BCUT2D eigenvalue weighted by Crippen LogP contribution is 2.27. The third-order valence-electron chi connectivity index (χ3n) is 3.34. The van der Waals surface area contributed by atoms with E-state index in [1.807, 2.05) is 38.1 Å². The van der Waals surface area contributed by atoms with Gasteiger partial charge in [0, 0.05) is 23.9 Å². The van der Waals surface area contributed by atoms with Gasteiger partial charge >= 0.3 is 0 Å². The summed E-state index contributed by atoms with van der Waals surface area (Å²) in [6.45, 7) is 4.47. The molecule has 0 unspecified atom stereocenters. The first-order valence-corrected chi connectivity index (χ1v) is 6.73. The van der Waals surface area contributed by atoms with Crippen molar-refractivity contribution in [1.82, 2.24) is 4.98 Å². The first-order chi connectivity index (χ1) is 10.0. The van der Waals surface area contributed by atoms with Crippen LogP contribution < -0.4 is 20.5 Å². The monoisotopic (exact) mass is 287 g/mol. The zero-order valence-electron chi connectivity index (χ0n) is 12.9. The van der Waals surface area contributed by atoms with E-state index in [0.717, 1.165) is 34.1 Å². The molecule has 1 aromatic heterocycles. The Labute approximate surface area is 125 Å². The number of hydrogen-bond acceptors (Lipinski definition) is 5. The molecule has 0 spiro atoms. The van der Waals surface area contributed by atoms with E-state index in [4.69, 9.17) is 15.2 Å². The second-order valence-electron chi connectivity index (χ2n) is 4.84. The summed E-state index contributed by atoms with van der Waals surface area (Å²) < 4.78 is 10.6. The molecule has 21 heavy (non-hydrogen) atoms. The average Bonchev–Trinajstić information content (AvgIpc) is 2.49. The van der Waals surface area contributed by atoms with Crippen molar-refractivity contribution in [2.45, 2.75) is 20.4 Å². The summed E-state index contributed by atoms with van der Waals surface area (Å²) in [5.74, 6) is 1.55. The maximum Gasteiger partial charge on any atom is 0.127 e. The predicted octanol–water partition coefficient (Wildman–Crippen LogP) is 2.91. The van der Waals surface area contributed by atoms with Crippen LogP contribution in [0.3, 0.4) is 0 Å². The number of nitrogen functional groups attached to an aromatic ring is 1. The largest absolute Gasteiger partial charge is 0.497 e. The van der Waals surface area contributed by atoms with Crippen LogP contribution in [-0.4, -0.2) is 19.2 Å². The van der Waals surface area contributed by atoms with Crippen molar-refractivity contribution in [3.05, 3.63) is 41.2 Å². The Bertz CT molecular complexity index is 642. The molecule has 5 nitrogen and oxygen atoms in total. The number of methoxy groups -OCH3 is 2. The second-order valence-corrected chi connectivity index (χ2v) is 4.84. The predicted molar refractivity (Wildman–Crippen MR) is 85.0 cm³/mol. The molecule has 1 heterocycles. The lowest BCUT2D eigenvalue weighted by Crippen LogP contribution is -2.06. The topological polar surface area (TPSA) is 69.4 Å². The third-order valence-corrected chi connectivity index (χ3v) is 3.34. The van der Waals surface area contributed by atoms with Crippen molar-refractivity contribution in [1.29, 1.82) is 0 Å². The minimum atomic E-state index is 0.611. The molecule has 112 valence electrons. The number of nitrogens with one attached hydrogen (secondary N) is 1. The van der Waals surface area contributed by atoms with E-state index in [-0.39, 0.29) is 0 Å². The Morgan fingerprint density at radius 2 is 1.90 bits per heavy atom. The van der Waals surface area contributed by atoms with Gasteiger partial charge in [-0.3, -0.25) is 4.98 Å². The maximum absolute atomic E-state index is 6.06. The van der Waals surface area contributed by atoms with Gasteiger partial charge in [-0.1, -0.05) is 0 Å². The standard InChI is InChI=1S/C16H21N3O2/c1-10-7-14(16(17)11(2)19-10)18-9-12-5-6-13(20-3)8-15(12)21-4/h5-8H,9,17H2,1-4H3,(H,18,19). The zero-order valence-corrected chi connectivity index (χ0v) is 12.9. The number of rotatable bonds is 5. The molecule has 2 rings (SSSR count). The Morgan fingerprint density at radius 3 is 2.57 bits per heavy atom. The number of benzene rings is 1. The summed E-state index contributed by atoms with van der Waals surface area (Å²) in [4.78, 5) is 4.34. The van der Waals surface area contributed by atoms with Crippen LogP contribution in [0.25, 0.3) is 0 Å². The molecular formula is C16H21N3O2. The van der Waals surface area contributed by atoms with Crippen molar-refractivity contribution in [3.63, 3.8) is 0 Å². The molecule has 0 amide bonds. The number of pyridine rings is 1. The lowest BCUT2D eigenvalue weighted by atomic mass is 10.1. The average molecular weight is 287 g/mol. The van der Waals surface area contributed by atoms with E-state index in [2.05, 4.69) is 10.3 Å². The van der Waals surface area contributed by atoms with Crippen LogP contribution in [-0.2, 0) is 6.54 Å². The van der Waals surface area contributed by atoms with Crippen molar-refractivity contribution in [2.75, 3.05) is 25.3 Å². The quantitative estimate of drug-likeness (QED) is 0.885. The number of aryl methyl sites for hydroxylation is 2. The van der Waals surface area contributed by atoms with Crippen molar-refractivity contribution in [2.24, 2.45) is 0 Å². The maximum atomic E-state index is 6.06. The molecule has 5 heteroatoms. The van der Waals surface area contributed by atoms with Crippen LogP contribution in [0.2, 0.25) is 0 Å². The number of hydrogen-bond donors (Lipinski definition) is 2. The molecule has 0 atom stereocenters. The van der Waals surface area contributed by atoms with Gasteiger partial charge < -0.3 is 20.5 Å². The fraction of sp³-hybridized carbons (Fsp3) is 0.312. The van der Waals surface area contributed by atoms with Crippen molar-refractivity contribution in [3.8, 4) is 11.5 Å². The third kappa shape index (κ3) is 3.37. The fourth-order valence-corrected chi connectivity index (χ4v) is 2.17. The van der Waals surface area contributed by atoms with Crippen LogP contribution in [0.5, 0.6) is 11.5 Å². The lowest BCUT2D eigenvalue weighted by Gasteiger charge is -2.14. The lowest BCUT2D eigenvalue weighted by molar-refractivity contribution is 0.391. The fourth-order valence-electron chi connectivity index (χ4n) is 2.17. The molecular weight excluding hydrogens is 266 g/mol. The molecule has 0 aliphatic heterocycles. The molecule has 0 aliphatic rings. The molecule has 0 bridgehead atoms. The highest BCUT2D eigenvalue weighted by Gasteiger charge is 2.08. The summed E-state index contributed by atoms with van der Waals surface area (Å²) in [6, 6.07) is 7.69. The van der Waals surface area contributed by atoms with E-state index >= 15 is 0 Å². The molecule has 3 N–H and O–H groups in total. The van der Waals surface area contributed by atoms with Crippen LogP contribution >= 0.6 is 0 Å². The van der Waals surface area contributed by atoms with Crippen molar-refractivity contribution >= 4 is 11.4 Å². The summed E-state index contributed by atoms with van der Waals surface area (Å²) in [6.07, 6.45) is 0. The molecule has 0 radical (unpaired) electrons. The zero-order chi connectivity index (χ0) is 15.4. The van der Waals surface area contributed by atoms with Gasteiger partial charge in [0.15, 0.2) is 0 Å². The molecule has 2 aromatic rings. The van der Waals surface area contributed by atoms with E-state index in [1.165, 1.54) is 0 Å². The Balaban J connectivity index is 2.20. The number of ether oxygens (including phenoxy) is 2. The smallest absolute Gasteiger partial charge is 0.127 e. The van der Waals surface area contributed by atoms with Crippen LogP contribution in [0.15, 0.2) is 24.3 Å². The van der Waals surface area contributed by atoms with Gasteiger partial charge in [0.05, 0.1) is 31.3 Å². The van der Waals surface area contributed by atoms with Gasteiger partial charge in [-0.05, 0) is 32.0 Å². The normalized spacial score (nSPS) is 10.3. The summed E-state index contributed by atoms with van der Waals surface area (Å²) >= 11 is 0. The van der Waals surface area contributed by atoms with Crippen LogP contribution in [0.4, 0.5) is 11.4 Å². The Kier molecular flexibility index (Phi) is 4.52. The van der Waals surface area contributed by atoms with Gasteiger partial charge in [-0.2, -0.15) is 0 Å². The minimum absolute atomic E-state index is 0.611. The molecule has 0 saturated heterocycles. The van der Waals surface area contributed by atoms with E-state index in [1.54, 1.807) is 14.2 Å². The summed E-state index contributed by atoms with van der Waals surface area (Å²) in [5.41, 5.74) is 10.4. The van der Waals surface area contributed by atoms with Gasteiger partial charge in [-0.15, -0.1) is 0 Å². The Hall–Kier alpha value is -2.43. The van der Waals surface area contributed by atoms with E-state index < -0.39 is 0 Å².